The molecule has 1 rings (SSSR count). The fraction of sp³-hybridized carbons (Fsp3) is 0.462. The predicted octanol–water partition coefficient (Wildman–Crippen LogP) is 3.77. The SMILES string of the molecule is CCCCCOC(=O)c1ccc(CCl)cc1. The number of ether oxygens (including phenoxy) is 1. The summed E-state index contributed by atoms with van der Waals surface area (Å²) in [5.41, 5.74) is 1.59. The minimum absolute atomic E-state index is 0.253. The quantitative estimate of drug-likeness (QED) is 0.430. The molecule has 0 fully saturated rings. The van der Waals surface area contributed by atoms with Crippen molar-refractivity contribution in [2.75, 3.05) is 6.61 Å². The van der Waals surface area contributed by atoms with Crippen LogP contribution in [0.3, 0.4) is 0 Å². The zero-order valence-electron chi connectivity index (χ0n) is 9.54. The zero-order valence-corrected chi connectivity index (χ0v) is 10.3. The van der Waals surface area contributed by atoms with Crippen LogP contribution in [0.4, 0.5) is 0 Å². The number of halogens is 1. The smallest absolute Gasteiger partial charge is 0.338 e. The van der Waals surface area contributed by atoms with Crippen molar-refractivity contribution >= 4 is 17.6 Å². The van der Waals surface area contributed by atoms with Gasteiger partial charge in [-0.1, -0.05) is 31.9 Å². The second kappa shape index (κ2) is 7.29. The maximum Gasteiger partial charge on any atom is 0.338 e. The minimum atomic E-state index is -0.253. The van der Waals surface area contributed by atoms with Crippen LogP contribution in [0.5, 0.6) is 0 Å². The van der Waals surface area contributed by atoms with Crippen LogP contribution in [0.25, 0.3) is 0 Å². The maximum absolute atomic E-state index is 11.6. The lowest BCUT2D eigenvalue weighted by Gasteiger charge is -2.04. The van der Waals surface area contributed by atoms with Gasteiger partial charge >= 0.3 is 5.97 Å². The Morgan fingerprint density at radius 3 is 2.50 bits per heavy atom. The second-order valence-corrected chi connectivity index (χ2v) is 3.94. The highest BCUT2D eigenvalue weighted by molar-refractivity contribution is 6.17. The van der Waals surface area contributed by atoms with E-state index >= 15 is 0 Å². The Balaban J connectivity index is 2.40. The summed E-state index contributed by atoms with van der Waals surface area (Å²) in [4.78, 5) is 11.6. The van der Waals surface area contributed by atoms with Gasteiger partial charge in [0.1, 0.15) is 0 Å². The van der Waals surface area contributed by atoms with Crippen molar-refractivity contribution in [2.45, 2.75) is 32.1 Å². The van der Waals surface area contributed by atoms with Gasteiger partial charge in [-0.3, -0.25) is 0 Å². The molecule has 2 nitrogen and oxygen atoms in total. The van der Waals surface area contributed by atoms with E-state index in [0.29, 0.717) is 18.1 Å². The van der Waals surface area contributed by atoms with Gasteiger partial charge in [-0.2, -0.15) is 0 Å². The fourth-order valence-electron chi connectivity index (χ4n) is 1.33. The first kappa shape index (κ1) is 13.0. The normalized spacial score (nSPS) is 10.1. The van der Waals surface area contributed by atoms with E-state index in [0.717, 1.165) is 24.8 Å². The standard InChI is InChI=1S/C13H17ClO2/c1-2-3-4-9-16-13(15)12-7-5-11(10-14)6-8-12/h5-8H,2-4,9-10H2,1H3. The average Bonchev–Trinajstić information content (AvgIpc) is 2.34. The third-order valence-electron chi connectivity index (χ3n) is 2.32. The Morgan fingerprint density at radius 2 is 1.94 bits per heavy atom. The molecule has 0 aliphatic carbocycles. The summed E-state index contributed by atoms with van der Waals surface area (Å²) in [5.74, 6) is 0.212. The van der Waals surface area contributed by atoms with Gasteiger partial charge in [0.05, 0.1) is 12.2 Å². The van der Waals surface area contributed by atoms with Crippen molar-refractivity contribution in [3.63, 3.8) is 0 Å². The van der Waals surface area contributed by atoms with Crippen LogP contribution in [-0.4, -0.2) is 12.6 Å². The Morgan fingerprint density at radius 1 is 1.25 bits per heavy atom. The van der Waals surface area contributed by atoms with Crippen LogP contribution >= 0.6 is 11.6 Å². The molecule has 88 valence electrons. The molecule has 0 heterocycles. The Bertz CT molecular complexity index is 319. The molecule has 0 amide bonds. The number of carbonyl (C=O) groups is 1. The lowest BCUT2D eigenvalue weighted by atomic mass is 10.1. The van der Waals surface area contributed by atoms with Crippen molar-refractivity contribution in [3.05, 3.63) is 35.4 Å². The fourth-order valence-corrected chi connectivity index (χ4v) is 1.51. The first-order valence-electron chi connectivity index (χ1n) is 5.60. The summed E-state index contributed by atoms with van der Waals surface area (Å²) in [6.07, 6.45) is 3.16. The average molecular weight is 241 g/mol. The Kier molecular flexibility index (Phi) is 5.94. The monoisotopic (exact) mass is 240 g/mol. The second-order valence-electron chi connectivity index (χ2n) is 3.67. The molecule has 0 aliphatic rings. The summed E-state index contributed by atoms with van der Waals surface area (Å²) < 4.78 is 5.13. The molecule has 0 saturated heterocycles. The van der Waals surface area contributed by atoms with E-state index < -0.39 is 0 Å². The predicted molar refractivity (Wildman–Crippen MR) is 65.8 cm³/mol. The number of benzene rings is 1. The van der Waals surface area contributed by atoms with Crippen molar-refractivity contribution < 1.29 is 9.53 Å². The summed E-state index contributed by atoms with van der Waals surface area (Å²) in [7, 11) is 0. The molecule has 0 unspecified atom stereocenters. The molecular weight excluding hydrogens is 224 g/mol. The van der Waals surface area contributed by atoms with Crippen LogP contribution in [0, 0.1) is 0 Å². The maximum atomic E-state index is 11.6. The van der Waals surface area contributed by atoms with Crippen LogP contribution in [0.2, 0.25) is 0 Å². The van der Waals surface area contributed by atoms with Gasteiger partial charge in [0.25, 0.3) is 0 Å². The number of hydrogen-bond acceptors (Lipinski definition) is 2. The van der Waals surface area contributed by atoms with E-state index in [1.54, 1.807) is 12.1 Å². The topological polar surface area (TPSA) is 26.3 Å². The van der Waals surface area contributed by atoms with Gasteiger partial charge in [-0.15, -0.1) is 11.6 Å². The summed E-state index contributed by atoms with van der Waals surface area (Å²) in [5, 5.41) is 0. The molecular formula is C13H17ClO2. The third-order valence-corrected chi connectivity index (χ3v) is 2.63. The van der Waals surface area contributed by atoms with Crippen LogP contribution in [-0.2, 0) is 10.6 Å². The Labute approximate surface area is 102 Å². The molecule has 0 aromatic heterocycles. The van der Waals surface area contributed by atoms with E-state index in [4.69, 9.17) is 16.3 Å². The number of unbranched alkanes of at least 4 members (excludes halogenated alkanes) is 2. The van der Waals surface area contributed by atoms with Crippen LogP contribution in [0.1, 0.15) is 42.1 Å². The highest BCUT2D eigenvalue weighted by Gasteiger charge is 2.05. The van der Waals surface area contributed by atoms with Gasteiger partial charge in [0.15, 0.2) is 0 Å². The molecule has 3 heteroatoms. The molecule has 0 spiro atoms. The van der Waals surface area contributed by atoms with Gasteiger partial charge in [0, 0.05) is 5.88 Å². The minimum Gasteiger partial charge on any atom is -0.462 e. The Hall–Kier alpha value is -1.02. The molecule has 0 radical (unpaired) electrons. The number of rotatable bonds is 6. The molecule has 0 aliphatic heterocycles. The van der Waals surface area contributed by atoms with Gasteiger partial charge in [-0.25, -0.2) is 4.79 Å². The van der Waals surface area contributed by atoms with Gasteiger partial charge in [0.2, 0.25) is 0 Å². The van der Waals surface area contributed by atoms with Crippen molar-refractivity contribution in [3.8, 4) is 0 Å². The first-order chi connectivity index (χ1) is 7.77. The molecule has 0 N–H and O–H groups in total. The molecule has 1 aromatic rings. The molecule has 1 aromatic carbocycles. The summed E-state index contributed by atoms with van der Waals surface area (Å²) >= 11 is 5.66. The molecule has 0 saturated carbocycles. The lowest BCUT2D eigenvalue weighted by molar-refractivity contribution is 0.0498. The van der Waals surface area contributed by atoms with E-state index in [1.807, 2.05) is 12.1 Å². The molecule has 0 atom stereocenters. The van der Waals surface area contributed by atoms with Crippen molar-refractivity contribution in [1.29, 1.82) is 0 Å². The highest BCUT2D eigenvalue weighted by Crippen LogP contribution is 2.08. The molecule has 0 bridgehead atoms. The van der Waals surface area contributed by atoms with Crippen LogP contribution < -0.4 is 0 Å². The van der Waals surface area contributed by atoms with Gasteiger partial charge in [-0.05, 0) is 24.1 Å². The number of hydrogen-bond donors (Lipinski definition) is 0. The lowest BCUT2D eigenvalue weighted by Crippen LogP contribution is -2.06. The van der Waals surface area contributed by atoms with E-state index in [9.17, 15) is 4.79 Å². The zero-order chi connectivity index (χ0) is 11.8. The van der Waals surface area contributed by atoms with Gasteiger partial charge < -0.3 is 4.74 Å². The van der Waals surface area contributed by atoms with Crippen molar-refractivity contribution in [2.24, 2.45) is 0 Å². The first-order valence-corrected chi connectivity index (χ1v) is 6.13. The number of esters is 1. The summed E-state index contributed by atoms with van der Waals surface area (Å²) in [6.45, 7) is 2.62. The van der Waals surface area contributed by atoms with Crippen LogP contribution in [0.15, 0.2) is 24.3 Å². The van der Waals surface area contributed by atoms with E-state index in [1.165, 1.54) is 0 Å². The largest absolute Gasteiger partial charge is 0.462 e. The van der Waals surface area contributed by atoms with Crippen molar-refractivity contribution in [1.82, 2.24) is 0 Å². The highest BCUT2D eigenvalue weighted by atomic mass is 35.5. The summed E-state index contributed by atoms with van der Waals surface area (Å²) in [6, 6.07) is 7.19. The molecule has 16 heavy (non-hydrogen) atoms. The number of carbonyl (C=O) groups excluding carboxylic acids is 1. The third kappa shape index (κ3) is 4.23. The number of alkyl halides is 1. The van der Waals surface area contributed by atoms with E-state index in [-0.39, 0.29) is 5.97 Å². The van der Waals surface area contributed by atoms with E-state index in [2.05, 4.69) is 6.92 Å².